The van der Waals surface area contributed by atoms with E-state index in [0.717, 1.165) is 30.2 Å². The molecule has 1 aromatic carbocycles. The molecule has 33 heavy (non-hydrogen) atoms. The van der Waals surface area contributed by atoms with E-state index in [-0.39, 0.29) is 5.69 Å². The molecular formula is C25H37N7O. The van der Waals surface area contributed by atoms with Crippen molar-refractivity contribution < 1.29 is 4.79 Å². The van der Waals surface area contributed by atoms with Crippen LogP contribution in [0.4, 0.5) is 17.2 Å². The number of carbonyl (C=O) groups excluding carboxylic acids is 1. The molecule has 0 spiro atoms. The van der Waals surface area contributed by atoms with Crippen molar-refractivity contribution in [3.8, 4) is 0 Å². The summed E-state index contributed by atoms with van der Waals surface area (Å²) < 4.78 is 0. The molecule has 8 heteroatoms. The van der Waals surface area contributed by atoms with Gasteiger partial charge in [0.15, 0.2) is 11.5 Å². The standard InChI is InChI=1S/C25H37N7O/c1-5-21-18(3)27-25(23(29-21)24(26)33)28-19-6-7-22(17(2)16-19)32-10-8-20(9-11-32)31-14-12-30(4)13-15-31/h6-7,16,20H,5,8-15H2,1-4H3,(H2,26,33)(H,27,28). The molecule has 0 aliphatic carbocycles. The van der Waals surface area contributed by atoms with Crippen LogP contribution < -0.4 is 16.0 Å². The normalized spacial score (nSPS) is 18.5. The van der Waals surface area contributed by atoms with Crippen molar-refractivity contribution in [1.29, 1.82) is 0 Å². The monoisotopic (exact) mass is 451 g/mol. The Bertz CT molecular complexity index is 992. The van der Waals surface area contributed by atoms with Gasteiger partial charge in [-0.25, -0.2) is 9.97 Å². The number of benzene rings is 1. The van der Waals surface area contributed by atoms with Crippen molar-refractivity contribution in [2.75, 3.05) is 56.5 Å². The molecule has 4 rings (SSSR count). The predicted molar refractivity (Wildman–Crippen MR) is 133 cm³/mol. The van der Waals surface area contributed by atoms with E-state index in [0.29, 0.717) is 18.3 Å². The first-order chi connectivity index (χ1) is 15.9. The minimum absolute atomic E-state index is 0.185. The summed E-state index contributed by atoms with van der Waals surface area (Å²) in [5.41, 5.74) is 10.7. The number of rotatable bonds is 6. The van der Waals surface area contributed by atoms with Crippen LogP contribution in [0, 0.1) is 13.8 Å². The van der Waals surface area contributed by atoms with Crippen LogP contribution >= 0.6 is 0 Å². The lowest BCUT2D eigenvalue weighted by atomic mass is 10.0. The first-order valence-corrected chi connectivity index (χ1v) is 12.1. The van der Waals surface area contributed by atoms with Crippen LogP contribution in [0.25, 0.3) is 0 Å². The minimum Gasteiger partial charge on any atom is -0.371 e. The van der Waals surface area contributed by atoms with Crippen molar-refractivity contribution >= 4 is 23.1 Å². The van der Waals surface area contributed by atoms with Gasteiger partial charge >= 0.3 is 0 Å². The summed E-state index contributed by atoms with van der Waals surface area (Å²) in [6.45, 7) is 12.9. The molecular weight excluding hydrogens is 414 g/mol. The lowest BCUT2D eigenvalue weighted by Crippen LogP contribution is -2.52. The summed E-state index contributed by atoms with van der Waals surface area (Å²) >= 11 is 0. The van der Waals surface area contributed by atoms with E-state index in [2.05, 4.69) is 56.1 Å². The smallest absolute Gasteiger partial charge is 0.271 e. The molecule has 0 saturated carbocycles. The van der Waals surface area contributed by atoms with Gasteiger partial charge in [-0.1, -0.05) is 6.92 Å². The van der Waals surface area contributed by atoms with Gasteiger partial charge in [0, 0.05) is 56.7 Å². The molecule has 3 heterocycles. The zero-order chi connectivity index (χ0) is 23.5. The van der Waals surface area contributed by atoms with Gasteiger partial charge in [-0.2, -0.15) is 0 Å². The van der Waals surface area contributed by atoms with Gasteiger partial charge < -0.3 is 20.9 Å². The summed E-state index contributed by atoms with van der Waals surface area (Å²) in [4.78, 5) is 28.5. The van der Waals surface area contributed by atoms with Crippen LogP contribution in [0.3, 0.4) is 0 Å². The highest BCUT2D eigenvalue weighted by atomic mass is 16.1. The Hall–Kier alpha value is -2.71. The maximum Gasteiger partial charge on any atom is 0.271 e. The Balaban J connectivity index is 1.43. The lowest BCUT2D eigenvalue weighted by Gasteiger charge is -2.43. The lowest BCUT2D eigenvalue weighted by molar-refractivity contribution is 0.0982. The van der Waals surface area contributed by atoms with Crippen molar-refractivity contribution in [1.82, 2.24) is 19.8 Å². The highest BCUT2D eigenvalue weighted by Crippen LogP contribution is 2.29. The molecule has 178 valence electrons. The fourth-order valence-electron chi connectivity index (χ4n) is 5.03. The van der Waals surface area contributed by atoms with Crippen molar-refractivity contribution in [2.45, 2.75) is 46.1 Å². The van der Waals surface area contributed by atoms with Crippen LogP contribution in [0.15, 0.2) is 18.2 Å². The van der Waals surface area contributed by atoms with Gasteiger partial charge in [-0.3, -0.25) is 9.69 Å². The quantitative estimate of drug-likeness (QED) is 0.698. The van der Waals surface area contributed by atoms with Gasteiger partial charge in [0.25, 0.3) is 5.91 Å². The number of nitrogens with two attached hydrogens (primary N) is 1. The maximum atomic E-state index is 11.9. The number of anilines is 3. The molecule has 1 aromatic heterocycles. The van der Waals surface area contributed by atoms with Crippen molar-refractivity contribution in [3.05, 3.63) is 40.8 Å². The van der Waals surface area contributed by atoms with Gasteiger partial charge in [-0.05, 0) is 63.9 Å². The van der Waals surface area contributed by atoms with Crippen molar-refractivity contribution in [2.24, 2.45) is 5.73 Å². The molecule has 0 unspecified atom stereocenters. The fourth-order valence-corrected chi connectivity index (χ4v) is 5.03. The Kier molecular flexibility index (Phi) is 7.14. The first-order valence-electron chi connectivity index (χ1n) is 12.1. The Morgan fingerprint density at radius 3 is 2.39 bits per heavy atom. The van der Waals surface area contributed by atoms with E-state index in [1.54, 1.807) is 0 Å². The number of piperazine rings is 1. The summed E-state index contributed by atoms with van der Waals surface area (Å²) in [7, 11) is 2.21. The summed E-state index contributed by atoms with van der Waals surface area (Å²) in [6.07, 6.45) is 3.13. The highest BCUT2D eigenvalue weighted by Gasteiger charge is 2.27. The predicted octanol–water partition coefficient (Wildman–Crippen LogP) is 2.71. The molecule has 2 aliphatic rings. The molecule has 3 N–H and O–H groups in total. The molecule has 0 atom stereocenters. The van der Waals surface area contributed by atoms with Gasteiger partial charge in [0.2, 0.25) is 0 Å². The number of amides is 1. The molecule has 2 fully saturated rings. The van der Waals surface area contributed by atoms with Crippen LogP contribution in [0.2, 0.25) is 0 Å². The van der Waals surface area contributed by atoms with Crippen LogP contribution in [0.5, 0.6) is 0 Å². The topological polar surface area (TPSA) is 90.6 Å². The second kappa shape index (κ2) is 10.1. The second-order valence-electron chi connectivity index (χ2n) is 9.35. The third-order valence-corrected chi connectivity index (χ3v) is 7.06. The zero-order valence-electron chi connectivity index (χ0n) is 20.4. The van der Waals surface area contributed by atoms with E-state index in [4.69, 9.17) is 5.73 Å². The number of piperidine rings is 1. The molecule has 0 radical (unpaired) electrons. The Morgan fingerprint density at radius 1 is 1.09 bits per heavy atom. The molecule has 2 aliphatic heterocycles. The summed E-state index contributed by atoms with van der Waals surface area (Å²) in [5.74, 6) is -0.159. The van der Waals surface area contributed by atoms with Gasteiger partial charge in [-0.15, -0.1) is 0 Å². The number of aromatic nitrogens is 2. The highest BCUT2D eigenvalue weighted by molar-refractivity contribution is 5.96. The van der Waals surface area contributed by atoms with Gasteiger partial charge in [0.05, 0.1) is 11.4 Å². The summed E-state index contributed by atoms with van der Waals surface area (Å²) in [5, 5.41) is 3.27. The number of hydrogen-bond acceptors (Lipinski definition) is 7. The third-order valence-electron chi connectivity index (χ3n) is 7.06. The second-order valence-corrected chi connectivity index (χ2v) is 9.35. The number of nitrogens with one attached hydrogen (secondary N) is 1. The Morgan fingerprint density at radius 2 is 1.79 bits per heavy atom. The SMILES string of the molecule is CCc1nc(C(N)=O)c(Nc2ccc(N3CCC(N4CCN(C)CC4)CC3)c(C)c2)nc1C. The van der Waals surface area contributed by atoms with Crippen LogP contribution in [0.1, 0.15) is 47.2 Å². The summed E-state index contributed by atoms with van der Waals surface area (Å²) in [6, 6.07) is 7.02. The molecule has 0 bridgehead atoms. The molecule has 2 aromatic rings. The molecule has 2 saturated heterocycles. The molecule has 8 nitrogen and oxygen atoms in total. The fraction of sp³-hybridized carbons (Fsp3) is 0.560. The van der Waals surface area contributed by atoms with E-state index >= 15 is 0 Å². The minimum atomic E-state index is -0.573. The molecule has 1 amide bonds. The number of nitrogens with zero attached hydrogens (tertiary/aromatic N) is 5. The largest absolute Gasteiger partial charge is 0.371 e. The number of hydrogen-bond donors (Lipinski definition) is 2. The van der Waals surface area contributed by atoms with Crippen LogP contribution in [-0.4, -0.2) is 78.0 Å². The van der Waals surface area contributed by atoms with E-state index in [1.165, 1.54) is 50.3 Å². The van der Waals surface area contributed by atoms with E-state index in [1.807, 2.05) is 19.9 Å². The third kappa shape index (κ3) is 5.28. The number of aryl methyl sites for hydroxylation is 3. The van der Waals surface area contributed by atoms with Gasteiger partial charge in [0.1, 0.15) is 0 Å². The average molecular weight is 452 g/mol. The average Bonchev–Trinajstić information content (AvgIpc) is 2.80. The number of primary amides is 1. The zero-order valence-corrected chi connectivity index (χ0v) is 20.4. The van der Waals surface area contributed by atoms with E-state index in [9.17, 15) is 4.79 Å². The Labute approximate surface area is 197 Å². The number of likely N-dealkylation sites (N-methyl/N-ethyl adjacent to an activating group) is 1. The van der Waals surface area contributed by atoms with Crippen LogP contribution in [-0.2, 0) is 6.42 Å². The first kappa shape index (κ1) is 23.4. The van der Waals surface area contributed by atoms with E-state index < -0.39 is 5.91 Å². The number of carbonyl (C=O) groups is 1. The maximum absolute atomic E-state index is 11.9. The van der Waals surface area contributed by atoms with Crippen molar-refractivity contribution in [3.63, 3.8) is 0 Å².